The number of aliphatic hydroxyl groups excluding tert-OH is 1. The van der Waals surface area contributed by atoms with E-state index < -0.39 is 6.10 Å². The van der Waals surface area contributed by atoms with Crippen LogP contribution in [0.15, 0.2) is 65.3 Å². The number of nitrogens with zero attached hydrogens (tertiary/aromatic N) is 1. The Morgan fingerprint density at radius 1 is 1.00 bits per heavy atom. The molecular weight excluding hydrogens is 406 g/mol. The van der Waals surface area contributed by atoms with Gasteiger partial charge in [0.2, 0.25) is 0 Å². The van der Waals surface area contributed by atoms with Gasteiger partial charge in [0.05, 0.1) is 27.0 Å². The van der Waals surface area contributed by atoms with Crippen molar-refractivity contribution in [3.05, 3.63) is 77.2 Å². The molecule has 1 heterocycles. The average Bonchev–Trinajstić information content (AvgIpc) is 3.26. The average molecular weight is 432 g/mol. The minimum atomic E-state index is -0.684. The quantitative estimate of drug-likeness (QED) is 0.485. The van der Waals surface area contributed by atoms with Crippen LogP contribution in [0.25, 0.3) is 0 Å². The van der Waals surface area contributed by atoms with Gasteiger partial charge < -0.3 is 23.7 Å². The van der Waals surface area contributed by atoms with Crippen LogP contribution >= 0.6 is 11.6 Å². The molecule has 3 rings (SSSR count). The largest absolute Gasteiger partial charge is 0.493 e. The van der Waals surface area contributed by atoms with E-state index in [-0.39, 0.29) is 6.61 Å². The van der Waals surface area contributed by atoms with E-state index in [1.54, 1.807) is 44.7 Å². The second-order valence-electron chi connectivity index (χ2n) is 6.86. The third-order valence-electron chi connectivity index (χ3n) is 4.54. The Kier molecular flexibility index (Phi) is 8.02. The Morgan fingerprint density at radius 3 is 2.43 bits per heavy atom. The number of hydrogen-bond donors (Lipinski definition) is 1. The Bertz CT molecular complexity index is 898. The van der Waals surface area contributed by atoms with Gasteiger partial charge in [0, 0.05) is 18.1 Å². The minimum absolute atomic E-state index is 0.169. The van der Waals surface area contributed by atoms with Gasteiger partial charge in [0.15, 0.2) is 11.5 Å². The number of methoxy groups -OCH3 is 2. The summed E-state index contributed by atoms with van der Waals surface area (Å²) in [5.74, 6) is 2.83. The maximum absolute atomic E-state index is 10.6. The van der Waals surface area contributed by atoms with E-state index in [9.17, 15) is 5.11 Å². The first-order chi connectivity index (χ1) is 14.6. The molecule has 0 fully saturated rings. The number of ether oxygens (including phenoxy) is 3. The van der Waals surface area contributed by atoms with Gasteiger partial charge in [0.25, 0.3) is 0 Å². The molecule has 7 heteroatoms. The molecule has 0 radical (unpaired) electrons. The van der Waals surface area contributed by atoms with Crippen molar-refractivity contribution >= 4 is 11.6 Å². The fourth-order valence-electron chi connectivity index (χ4n) is 3.12. The molecule has 6 nitrogen and oxygen atoms in total. The van der Waals surface area contributed by atoms with Crippen LogP contribution in [0.3, 0.4) is 0 Å². The second kappa shape index (κ2) is 10.9. The molecule has 0 saturated heterocycles. The van der Waals surface area contributed by atoms with Crippen molar-refractivity contribution in [3.63, 3.8) is 0 Å². The van der Waals surface area contributed by atoms with Gasteiger partial charge in [-0.2, -0.15) is 0 Å². The molecule has 2 aromatic carbocycles. The number of furan rings is 1. The highest BCUT2D eigenvalue weighted by Gasteiger charge is 2.16. The number of rotatable bonds is 11. The van der Waals surface area contributed by atoms with Crippen molar-refractivity contribution in [1.82, 2.24) is 4.90 Å². The fourth-order valence-corrected chi connectivity index (χ4v) is 3.25. The summed E-state index contributed by atoms with van der Waals surface area (Å²) in [5, 5.41) is 11.2. The van der Waals surface area contributed by atoms with Crippen LogP contribution in [0.5, 0.6) is 17.2 Å². The minimum Gasteiger partial charge on any atom is -0.493 e. The third-order valence-corrected chi connectivity index (χ3v) is 4.79. The van der Waals surface area contributed by atoms with Gasteiger partial charge in [-0.1, -0.05) is 17.7 Å². The molecule has 1 aromatic heterocycles. The lowest BCUT2D eigenvalue weighted by Crippen LogP contribution is -2.35. The molecule has 160 valence electrons. The van der Waals surface area contributed by atoms with E-state index in [0.29, 0.717) is 41.9 Å². The Balaban J connectivity index is 1.65. The van der Waals surface area contributed by atoms with Gasteiger partial charge in [-0.25, -0.2) is 0 Å². The predicted molar refractivity (Wildman–Crippen MR) is 115 cm³/mol. The lowest BCUT2D eigenvalue weighted by Gasteiger charge is -2.25. The summed E-state index contributed by atoms with van der Waals surface area (Å²) in [4.78, 5) is 2.09. The highest BCUT2D eigenvalue weighted by Crippen LogP contribution is 2.28. The van der Waals surface area contributed by atoms with Crippen LogP contribution in [-0.2, 0) is 13.1 Å². The summed E-state index contributed by atoms with van der Waals surface area (Å²) in [6.45, 7) is 1.73. The number of benzene rings is 2. The summed E-state index contributed by atoms with van der Waals surface area (Å²) < 4.78 is 21.9. The van der Waals surface area contributed by atoms with E-state index >= 15 is 0 Å². The van der Waals surface area contributed by atoms with E-state index in [2.05, 4.69) is 4.90 Å². The predicted octanol–water partition coefficient (Wildman–Crippen LogP) is 4.39. The molecule has 1 N–H and O–H groups in total. The number of aliphatic hydroxyl groups is 1. The van der Waals surface area contributed by atoms with Crippen LogP contribution in [-0.4, -0.2) is 43.5 Å². The summed E-state index contributed by atoms with van der Waals surface area (Å²) in [7, 11) is 3.22. The van der Waals surface area contributed by atoms with Crippen LogP contribution in [0.1, 0.15) is 11.3 Å². The Hall–Kier alpha value is -2.67. The van der Waals surface area contributed by atoms with Crippen molar-refractivity contribution in [1.29, 1.82) is 0 Å². The molecule has 0 spiro atoms. The van der Waals surface area contributed by atoms with E-state index in [1.165, 1.54) is 0 Å². The zero-order valence-corrected chi connectivity index (χ0v) is 17.8. The van der Waals surface area contributed by atoms with Gasteiger partial charge in [-0.15, -0.1) is 0 Å². The number of hydrogen-bond acceptors (Lipinski definition) is 6. The molecule has 1 atom stereocenters. The molecule has 3 aromatic rings. The van der Waals surface area contributed by atoms with Crippen molar-refractivity contribution in [2.24, 2.45) is 0 Å². The molecule has 0 aliphatic heterocycles. The first-order valence-electron chi connectivity index (χ1n) is 9.59. The van der Waals surface area contributed by atoms with Gasteiger partial charge in [-0.3, -0.25) is 4.90 Å². The van der Waals surface area contributed by atoms with E-state index in [0.717, 1.165) is 11.3 Å². The molecule has 0 saturated carbocycles. The normalized spacial score (nSPS) is 12.0. The van der Waals surface area contributed by atoms with Gasteiger partial charge in [-0.05, 0) is 54.1 Å². The monoisotopic (exact) mass is 431 g/mol. The molecular formula is C23H26ClNO5. The highest BCUT2D eigenvalue weighted by molar-refractivity contribution is 6.30. The van der Waals surface area contributed by atoms with Crippen molar-refractivity contribution in [2.45, 2.75) is 19.2 Å². The first-order valence-corrected chi connectivity index (χ1v) is 9.97. The maximum atomic E-state index is 10.6. The second-order valence-corrected chi connectivity index (χ2v) is 7.29. The van der Waals surface area contributed by atoms with Crippen molar-refractivity contribution in [2.75, 3.05) is 27.4 Å². The highest BCUT2D eigenvalue weighted by atomic mass is 35.5. The summed E-state index contributed by atoms with van der Waals surface area (Å²) in [5.41, 5.74) is 1.03. The molecule has 0 aliphatic carbocycles. The topological polar surface area (TPSA) is 64.3 Å². The Labute approximate surface area is 181 Å². The van der Waals surface area contributed by atoms with Crippen LogP contribution in [0, 0.1) is 0 Å². The lowest BCUT2D eigenvalue weighted by atomic mass is 10.1. The first kappa shape index (κ1) is 22.0. The zero-order valence-electron chi connectivity index (χ0n) is 17.1. The molecule has 0 amide bonds. The smallest absolute Gasteiger partial charge is 0.161 e. The summed E-state index contributed by atoms with van der Waals surface area (Å²) in [6.07, 6.45) is 0.958. The molecule has 30 heavy (non-hydrogen) atoms. The SMILES string of the molecule is COc1ccc(CN(Cc2ccco2)C[C@@H](O)COc2ccc(Cl)cc2)cc1OC. The van der Waals surface area contributed by atoms with E-state index in [1.807, 2.05) is 30.3 Å². The van der Waals surface area contributed by atoms with Crippen LogP contribution < -0.4 is 14.2 Å². The standard InChI is InChI=1S/C23H26ClNO5/c1-27-22-10-5-17(12-23(22)28-2)13-25(15-21-4-3-11-29-21)14-19(26)16-30-20-8-6-18(24)7-9-20/h3-12,19,26H,13-16H2,1-2H3/t19-/m1/s1. The summed E-state index contributed by atoms with van der Waals surface area (Å²) >= 11 is 5.89. The van der Waals surface area contributed by atoms with Gasteiger partial charge >= 0.3 is 0 Å². The molecule has 0 aliphatic rings. The fraction of sp³-hybridized carbons (Fsp3) is 0.304. The van der Waals surface area contributed by atoms with Crippen LogP contribution in [0.4, 0.5) is 0 Å². The van der Waals surface area contributed by atoms with E-state index in [4.69, 9.17) is 30.2 Å². The maximum Gasteiger partial charge on any atom is 0.161 e. The van der Waals surface area contributed by atoms with Crippen LogP contribution in [0.2, 0.25) is 5.02 Å². The molecule has 0 bridgehead atoms. The lowest BCUT2D eigenvalue weighted by molar-refractivity contribution is 0.0604. The third kappa shape index (κ3) is 6.42. The zero-order chi connectivity index (χ0) is 21.3. The molecule has 0 unspecified atom stereocenters. The number of halogens is 1. The Morgan fingerprint density at radius 2 is 1.77 bits per heavy atom. The summed E-state index contributed by atoms with van der Waals surface area (Å²) in [6, 6.07) is 16.6. The van der Waals surface area contributed by atoms with Crippen molar-refractivity contribution in [3.8, 4) is 17.2 Å². The van der Waals surface area contributed by atoms with Crippen molar-refractivity contribution < 1.29 is 23.7 Å². The van der Waals surface area contributed by atoms with Gasteiger partial charge in [0.1, 0.15) is 24.2 Å².